The number of sulfonamides is 1. The minimum Gasteiger partial charge on any atom is -0.478 e. The number of aromatic carboxylic acids is 1. The molecular weight excluding hydrogens is 373 g/mol. The van der Waals surface area contributed by atoms with Crippen LogP contribution in [0.15, 0.2) is 41.3 Å². The number of hydrogen-bond acceptors (Lipinski definition) is 4. The molecule has 0 saturated carbocycles. The van der Waals surface area contributed by atoms with Crippen molar-refractivity contribution in [3.8, 4) is 0 Å². The lowest BCUT2D eigenvalue weighted by atomic mass is 10.2. The fourth-order valence-corrected chi connectivity index (χ4v) is 3.76. The quantitative estimate of drug-likeness (QED) is 0.626. The molecule has 1 aromatic heterocycles. The van der Waals surface area contributed by atoms with Gasteiger partial charge in [0.15, 0.2) is 0 Å². The maximum atomic E-state index is 13.5. The van der Waals surface area contributed by atoms with E-state index in [1.807, 2.05) is 0 Å². The van der Waals surface area contributed by atoms with Crippen molar-refractivity contribution < 1.29 is 22.7 Å². The molecule has 0 aliphatic heterocycles. The molecule has 7 nitrogen and oxygen atoms in total. The maximum Gasteiger partial charge on any atom is 0.338 e. The standard InChI is InChI=1S/C15H11ClFN3O4S/c16-9-6-10(17)8(15(21)22)5-13(9)25(23,24)18-7-14-19-11-3-1-2-4-12(11)20-14/h1-6,18H,7H2,(H,19,20)(H,21,22). The largest absolute Gasteiger partial charge is 0.478 e. The van der Waals surface area contributed by atoms with Gasteiger partial charge in [0.05, 0.1) is 28.2 Å². The minimum absolute atomic E-state index is 0.173. The third-order valence-electron chi connectivity index (χ3n) is 3.41. The summed E-state index contributed by atoms with van der Waals surface area (Å²) in [5.41, 5.74) is 0.628. The zero-order valence-electron chi connectivity index (χ0n) is 12.5. The van der Waals surface area contributed by atoms with Crippen molar-refractivity contribution in [2.24, 2.45) is 0 Å². The van der Waals surface area contributed by atoms with Crippen LogP contribution in [0.3, 0.4) is 0 Å². The molecule has 0 amide bonds. The molecule has 0 bridgehead atoms. The first-order valence-corrected chi connectivity index (χ1v) is 8.79. The average molecular weight is 384 g/mol. The summed E-state index contributed by atoms with van der Waals surface area (Å²) in [6.45, 7) is -0.173. The number of imidazole rings is 1. The number of aromatic nitrogens is 2. The molecule has 0 fully saturated rings. The van der Waals surface area contributed by atoms with Crippen LogP contribution in [0.2, 0.25) is 5.02 Å². The van der Waals surface area contributed by atoms with Gasteiger partial charge in [0.2, 0.25) is 10.0 Å². The van der Waals surface area contributed by atoms with Crippen LogP contribution in [0.4, 0.5) is 4.39 Å². The van der Waals surface area contributed by atoms with Gasteiger partial charge in [-0.05, 0) is 24.3 Å². The van der Waals surface area contributed by atoms with Gasteiger partial charge in [0.1, 0.15) is 16.5 Å². The first kappa shape index (κ1) is 17.3. The van der Waals surface area contributed by atoms with E-state index in [2.05, 4.69) is 14.7 Å². The van der Waals surface area contributed by atoms with Gasteiger partial charge in [-0.1, -0.05) is 23.7 Å². The van der Waals surface area contributed by atoms with Crippen LogP contribution in [0.25, 0.3) is 11.0 Å². The van der Waals surface area contributed by atoms with Crippen LogP contribution in [-0.4, -0.2) is 29.5 Å². The molecule has 0 atom stereocenters. The number of nitrogens with zero attached hydrogens (tertiary/aromatic N) is 1. The Balaban J connectivity index is 1.89. The van der Waals surface area contributed by atoms with Crippen LogP contribution in [0.1, 0.15) is 16.2 Å². The molecule has 25 heavy (non-hydrogen) atoms. The minimum atomic E-state index is -4.17. The number of fused-ring (bicyclic) bond motifs is 1. The highest BCUT2D eigenvalue weighted by Crippen LogP contribution is 2.25. The number of carboxylic acids is 1. The molecule has 10 heteroatoms. The van der Waals surface area contributed by atoms with Crippen LogP contribution >= 0.6 is 11.6 Å². The number of rotatable bonds is 5. The number of para-hydroxylation sites is 2. The first-order valence-electron chi connectivity index (χ1n) is 6.93. The van der Waals surface area contributed by atoms with Crippen molar-refractivity contribution in [1.29, 1.82) is 0 Å². The predicted molar refractivity (Wildman–Crippen MR) is 88.5 cm³/mol. The number of carbonyl (C=O) groups is 1. The van der Waals surface area contributed by atoms with E-state index in [1.165, 1.54) is 0 Å². The topological polar surface area (TPSA) is 112 Å². The second kappa shape index (κ2) is 6.43. The lowest BCUT2D eigenvalue weighted by Gasteiger charge is -2.09. The van der Waals surface area contributed by atoms with Crippen LogP contribution in [0.5, 0.6) is 0 Å². The van der Waals surface area contributed by atoms with Crippen molar-refractivity contribution >= 4 is 38.6 Å². The lowest BCUT2D eigenvalue weighted by Crippen LogP contribution is -2.24. The molecule has 130 valence electrons. The number of aromatic amines is 1. The van der Waals surface area contributed by atoms with E-state index in [4.69, 9.17) is 16.7 Å². The molecule has 1 heterocycles. The Morgan fingerprint density at radius 3 is 2.72 bits per heavy atom. The van der Waals surface area contributed by atoms with Gasteiger partial charge in [-0.25, -0.2) is 27.3 Å². The van der Waals surface area contributed by atoms with E-state index < -0.39 is 37.3 Å². The number of halogens is 2. The molecule has 0 saturated heterocycles. The molecule has 2 aromatic carbocycles. The molecule has 0 aliphatic rings. The number of benzene rings is 2. The smallest absolute Gasteiger partial charge is 0.338 e. The maximum absolute atomic E-state index is 13.5. The Labute approximate surface area is 146 Å². The van der Waals surface area contributed by atoms with Gasteiger partial charge in [-0.3, -0.25) is 0 Å². The van der Waals surface area contributed by atoms with Crippen molar-refractivity contribution in [2.75, 3.05) is 0 Å². The van der Waals surface area contributed by atoms with E-state index in [1.54, 1.807) is 24.3 Å². The van der Waals surface area contributed by atoms with Crippen LogP contribution in [-0.2, 0) is 16.6 Å². The monoisotopic (exact) mass is 383 g/mol. The predicted octanol–water partition coefficient (Wildman–Crippen LogP) is 2.53. The highest BCUT2D eigenvalue weighted by atomic mass is 35.5. The van der Waals surface area contributed by atoms with Crippen LogP contribution < -0.4 is 4.72 Å². The summed E-state index contributed by atoms with van der Waals surface area (Å²) in [5.74, 6) is -2.35. The zero-order chi connectivity index (χ0) is 18.2. The first-order chi connectivity index (χ1) is 11.8. The Bertz CT molecular complexity index is 1050. The summed E-state index contributed by atoms with van der Waals surface area (Å²) >= 11 is 5.76. The normalized spacial score (nSPS) is 11.8. The third-order valence-corrected chi connectivity index (χ3v) is 5.28. The summed E-state index contributed by atoms with van der Waals surface area (Å²) in [6, 6.07) is 8.49. The second-order valence-electron chi connectivity index (χ2n) is 5.09. The summed E-state index contributed by atoms with van der Waals surface area (Å²) < 4.78 is 40.6. The van der Waals surface area contributed by atoms with Crippen molar-refractivity contribution in [3.05, 3.63) is 58.6 Å². The fourth-order valence-electron chi connectivity index (χ4n) is 2.23. The van der Waals surface area contributed by atoms with E-state index in [-0.39, 0.29) is 6.54 Å². The van der Waals surface area contributed by atoms with Gasteiger partial charge in [0, 0.05) is 0 Å². The van der Waals surface area contributed by atoms with Crippen molar-refractivity contribution in [3.63, 3.8) is 0 Å². The van der Waals surface area contributed by atoms with E-state index in [9.17, 15) is 17.6 Å². The Morgan fingerprint density at radius 1 is 1.32 bits per heavy atom. The van der Waals surface area contributed by atoms with E-state index in [0.29, 0.717) is 23.5 Å². The second-order valence-corrected chi connectivity index (χ2v) is 7.24. The van der Waals surface area contributed by atoms with E-state index >= 15 is 0 Å². The fraction of sp³-hybridized carbons (Fsp3) is 0.0667. The summed E-state index contributed by atoms with van der Waals surface area (Å²) in [7, 11) is -4.17. The molecule has 3 aromatic rings. The summed E-state index contributed by atoms with van der Waals surface area (Å²) in [6.07, 6.45) is 0. The van der Waals surface area contributed by atoms with Gasteiger partial charge >= 0.3 is 5.97 Å². The van der Waals surface area contributed by atoms with Gasteiger partial charge in [-0.15, -0.1) is 0 Å². The Hall–Kier alpha value is -2.49. The molecule has 3 N–H and O–H groups in total. The number of hydrogen-bond donors (Lipinski definition) is 3. The number of H-pyrrole nitrogens is 1. The van der Waals surface area contributed by atoms with E-state index in [0.717, 1.165) is 5.52 Å². The van der Waals surface area contributed by atoms with Gasteiger partial charge in [0.25, 0.3) is 0 Å². The van der Waals surface area contributed by atoms with Crippen LogP contribution in [0, 0.1) is 5.82 Å². The number of nitrogens with one attached hydrogen (secondary N) is 2. The van der Waals surface area contributed by atoms with Crippen molar-refractivity contribution in [1.82, 2.24) is 14.7 Å². The third kappa shape index (κ3) is 3.48. The summed E-state index contributed by atoms with van der Waals surface area (Å²) in [4.78, 5) is 17.6. The highest BCUT2D eigenvalue weighted by molar-refractivity contribution is 7.89. The number of carboxylic acid groups (broad SMARTS) is 1. The van der Waals surface area contributed by atoms with Crippen molar-refractivity contribution in [2.45, 2.75) is 11.4 Å². The Kier molecular flexibility index (Phi) is 4.46. The molecule has 3 rings (SSSR count). The molecule has 0 aliphatic carbocycles. The Morgan fingerprint density at radius 2 is 2.04 bits per heavy atom. The van der Waals surface area contributed by atoms with Gasteiger partial charge in [-0.2, -0.15) is 0 Å². The summed E-state index contributed by atoms with van der Waals surface area (Å²) in [5, 5.41) is 8.50. The highest BCUT2D eigenvalue weighted by Gasteiger charge is 2.23. The average Bonchev–Trinajstić information content (AvgIpc) is 2.95. The zero-order valence-corrected chi connectivity index (χ0v) is 14.0. The SMILES string of the molecule is O=C(O)c1cc(S(=O)(=O)NCc2nc3ccccc3[nH]2)c(Cl)cc1F. The molecule has 0 unspecified atom stereocenters. The molecular formula is C15H11ClFN3O4S. The molecule has 0 radical (unpaired) electrons. The molecule has 0 spiro atoms. The lowest BCUT2D eigenvalue weighted by molar-refractivity contribution is 0.0691. The van der Waals surface area contributed by atoms with Gasteiger partial charge < -0.3 is 10.1 Å².